The number of amides is 1. The van der Waals surface area contributed by atoms with E-state index in [1.165, 1.54) is 6.08 Å². The van der Waals surface area contributed by atoms with Crippen LogP contribution in [-0.2, 0) is 32.6 Å². The third-order valence-electron chi connectivity index (χ3n) is 7.00. The van der Waals surface area contributed by atoms with Crippen molar-refractivity contribution >= 4 is 28.5 Å². The fourth-order valence-corrected chi connectivity index (χ4v) is 5.84. The largest absolute Gasteiger partial charge is 0.491 e. The zero-order valence-electron chi connectivity index (χ0n) is 25.5. The molecule has 3 aromatic carbocycles. The van der Waals surface area contributed by atoms with Crippen molar-refractivity contribution in [1.82, 2.24) is 9.55 Å². The van der Waals surface area contributed by atoms with Crippen LogP contribution in [0.15, 0.2) is 84.0 Å². The summed E-state index contributed by atoms with van der Waals surface area (Å²) < 4.78 is 26.3. The van der Waals surface area contributed by atoms with Crippen molar-refractivity contribution in [2.45, 2.75) is 57.7 Å². The number of benzene rings is 3. The van der Waals surface area contributed by atoms with Crippen molar-refractivity contribution in [3.05, 3.63) is 102 Å². The lowest BCUT2D eigenvalue weighted by atomic mass is 10.00. The predicted molar refractivity (Wildman–Crippen MR) is 175 cm³/mol. The van der Waals surface area contributed by atoms with Crippen LogP contribution in [0.25, 0.3) is 17.2 Å². The number of anilines is 1. The normalized spacial score (nSPS) is 12.0. The maximum atomic E-state index is 12.9. The minimum Gasteiger partial charge on any atom is -0.491 e. The van der Waals surface area contributed by atoms with E-state index in [0.717, 1.165) is 65.4 Å². The molecule has 0 bridgehead atoms. The van der Waals surface area contributed by atoms with E-state index in [1.807, 2.05) is 61.7 Å². The summed E-state index contributed by atoms with van der Waals surface area (Å²) in [4.78, 5) is 17.7. The van der Waals surface area contributed by atoms with Crippen LogP contribution in [0.3, 0.4) is 0 Å². The standard InChI is InChI=1S/C35H41N3O4S/c1-5-7-18-41-19-20-42-32-13-9-29(10-14-32)30-22-26(3)21-28(23-30)8-17-35(39)37-31-11-15-33(16-12-31)43(40)24-34-27(4)36-25-38(34)6-2/h8-17,21-23,25H,5-7,18-20,24H2,1-4H3,(H,37,39)/b17-8+. The van der Waals surface area contributed by atoms with Crippen molar-refractivity contribution in [3.8, 4) is 16.9 Å². The fourth-order valence-electron chi connectivity index (χ4n) is 4.61. The molecule has 1 heterocycles. The van der Waals surface area contributed by atoms with Gasteiger partial charge in [0, 0.05) is 29.8 Å². The Morgan fingerprint density at radius 1 is 0.953 bits per heavy atom. The van der Waals surface area contributed by atoms with Gasteiger partial charge in [0.25, 0.3) is 0 Å². The van der Waals surface area contributed by atoms with E-state index in [4.69, 9.17) is 9.47 Å². The third-order valence-corrected chi connectivity index (χ3v) is 8.34. The van der Waals surface area contributed by atoms with Crippen LogP contribution in [0.4, 0.5) is 5.69 Å². The first-order chi connectivity index (χ1) is 20.9. The second-order valence-corrected chi connectivity index (χ2v) is 11.8. The van der Waals surface area contributed by atoms with Gasteiger partial charge in [-0.1, -0.05) is 37.6 Å². The minimum atomic E-state index is -1.21. The van der Waals surface area contributed by atoms with Crippen LogP contribution in [0.5, 0.6) is 5.75 Å². The zero-order chi connectivity index (χ0) is 30.6. The average Bonchev–Trinajstić information content (AvgIpc) is 3.36. The smallest absolute Gasteiger partial charge is 0.248 e. The number of aryl methyl sites for hydroxylation is 3. The molecule has 1 unspecified atom stereocenters. The SMILES string of the molecule is CCCCOCCOc1ccc(-c2cc(C)cc(/C=C/C(=O)Nc3ccc(S(=O)Cc4c(C)ncn4CC)cc3)c2)cc1. The highest BCUT2D eigenvalue weighted by Crippen LogP contribution is 2.25. The highest BCUT2D eigenvalue weighted by Gasteiger charge is 2.12. The first kappa shape index (κ1) is 31.9. The highest BCUT2D eigenvalue weighted by molar-refractivity contribution is 7.84. The second kappa shape index (κ2) is 16.0. The molecule has 0 aliphatic carbocycles. The summed E-state index contributed by atoms with van der Waals surface area (Å²) in [6.07, 6.45) is 7.31. The Labute approximate surface area is 257 Å². The molecule has 4 rings (SSSR count). The Morgan fingerprint density at radius 2 is 1.72 bits per heavy atom. The van der Waals surface area contributed by atoms with E-state index in [1.54, 1.807) is 30.6 Å². The molecule has 8 heteroatoms. The molecule has 0 aliphatic rings. The van der Waals surface area contributed by atoms with Gasteiger partial charge in [0.2, 0.25) is 5.91 Å². The molecule has 0 saturated carbocycles. The Kier molecular flexibility index (Phi) is 11.9. The van der Waals surface area contributed by atoms with E-state index in [2.05, 4.69) is 29.4 Å². The summed E-state index contributed by atoms with van der Waals surface area (Å²) in [5.74, 6) is 0.976. The van der Waals surface area contributed by atoms with Gasteiger partial charge in [-0.3, -0.25) is 9.00 Å². The molecule has 1 aromatic heterocycles. The predicted octanol–water partition coefficient (Wildman–Crippen LogP) is 7.34. The molecule has 0 radical (unpaired) electrons. The van der Waals surface area contributed by atoms with Gasteiger partial charge >= 0.3 is 0 Å². The van der Waals surface area contributed by atoms with Crippen LogP contribution < -0.4 is 10.1 Å². The number of hydrogen-bond donors (Lipinski definition) is 1. The van der Waals surface area contributed by atoms with Crippen molar-refractivity contribution < 1.29 is 18.5 Å². The van der Waals surface area contributed by atoms with Crippen molar-refractivity contribution in [1.29, 1.82) is 0 Å². The van der Waals surface area contributed by atoms with Gasteiger partial charge in [0.1, 0.15) is 12.4 Å². The zero-order valence-corrected chi connectivity index (χ0v) is 26.3. The molecule has 226 valence electrons. The molecule has 43 heavy (non-hydrogen) atoms. The molecule has 0 fully saturated rings. The summed E-state index contributed by atoms with van der Waals surface area (Å²) in [5, 5.41) is 2.89. The first-order valence-corrected chi connectivity index (χ1v) is 16.1. The van der Waals surface area contributed by atoms with Crippen molar-refractivity contribution in [2.75, 3.05) is 25.1 Å². The molecule has 4 aromatic rings. The quantitative estimate of drug-likeness (QED) is 0.114. The molecule has 7 nitrogen and oxygen atoms in total. The van der Waals surface area contributed by atoms with Crippen LogP contribution >= 0.6 is 0 Å². The van der Waals surface area contributed by atoms with E-state index in [9.17, 15) is 9.00 Å². The van der Waals surface area contributed by atoms with E-state index < -0.39 is 10.8 Å². The molecular weight excluding hydrogens is 558 g/mol. The Morgan fingerprint density at radius 3 is 2.44 bits per heavy atom. The Hall–Kier alpha value is -4.01. The number of imidazole rings is 1. The van der Waals surface area contributed by atoms with E-state index >= 15 is 0 Å². The lowest BCUT2D eigenvalue weighted by Gasteiger charge is -2.09. The van der Waals surface area contributed by atoms with Gasteiger partial charge in [-0.05, 0) is 98.0 Å². The molecule has 0 spiro atoms. The maximum absolute atomic E-state index is 12.9. The minimum absolute atomic E-state index is 0.237. The number of carbonyl (C=O) groups is 1. The topological polar surface area (TPSA) is 82.4 Å². The second-order valence-electron chi connectivity index (χ2n) is 10.4. The number of rotatable bonds is 15. The Balaban J connectivity index is 1.32. The number of nitrogens with zero attached hydrogens (tertiary/aromatic N) is 2. The van der Waals surface area contributed by atoms with Crippen LogP contribution in [-0.4, -0.2) is 39.5 Å². The van der Waals surface area contributed by atoms with Gasteiger partial charge < -0.3 is 19.4 Å². The molecule has 1 N–H and O–H groups in total. The lowest BCUT2D eigenvalue weighted by Crippen LogP contribution is -2.08. The van der Waals surface area contributed by atoms with E-state index in [0.29, 0.717) is 29.5 Å². The molecule has 0 saturated heterocycles. The van der Waals surface area contributed by atoms with Gasteiger partial charge in [-0.25, -0.2) is 4.98 Å². The van der Waals surface area contributed by atoms with E-state index in [-0.39, 0.29) is 5.91 Å². The summed E-state index contributed by atoms with van der Waals surface area (Å²) in [6, 6.07) is 21.4. The molecule has 1 amide bonds. The lowest BCUT2D eigenvalue weighted by molar-refractivity contribution is -0.111. The number of unbranched alkanes of at least 4 members (excludes halogenated alkanes) is 1. The molecular formula is C35H41N3O4S. The molecule has 1 atom stereocenters. The summed E-state index contributed by atoms with van der Waals surface area (Å²) in [6.45, 7) is 10.8. The summed E-state index contributed by atoms with van der Waals surface area (Å²) in [7, 11) is -1.21. The number of aromatic nitrogens is 2. The van der Waals surface area contributed by atoms with Gasteiger partial charge in [-0.2, -0.15) is 0 Å². The maximum Gasteiger partial charge on any atom is 0.248 e. The van der Waals surface area contributed by atoms with Gasteiger partial charge in [-0.15, -0.1) is 0 Å². The fraction of sp³-hybridized carbons (Fsp3) is 0.314. The number of hydrogen-bond acceptors (Lipinski definition) is 5. The Bertz CT molecular complexity index is 1540. The third kappa shape index (κ3) is 9.49. The van der Waals surface area contributed by atoms with Crippen molar-refractivity contribution in [2.24, 2.45) is 0 Å². The number of nitrogens with one attached hydrogen (secondary N) is 1. The van der Waals surface area contributed by atoms with Crippen LogP contribution in [0, 0.1) is 13.8 Å². The average molecular weight is 600 g/mol. The summed E-state index contributed by atoms with van der Waals surface area (Å²) >= 11 is 0. The van der Waals surface area contributed by atoms with Crippen LogP contribution in [0.2, 0.25) is 0 Å². The number of ether oxygens (including phenoxy) is 2. The number of carbonyl (C=O) groups excluding carboxylic acids is 1. The highest BCUT2D eigenvalue weighted by atomic mass is 32.2. The van der Waals surface area contributed by atoms with Gasteiger partial charge in [0.15, 0.2) is 0 Å². The van der Waals surface area contributed by atoms with Gasteiger partial charge in [0.05, 0.1) is 40.9 Å². The van der Waals surface area contributed by atoms with Crippen molar-refractivity contribution in [3.63, 3.8) is 0 Å². The monoisotopic (exact) mass is 599 g/mol. The summed E-state index contributed by atoms with van der Waals surface area (Å²) in [5.41, 5.74) is 6.69. The van der Waals surface area contributed by atoms with Crippen LogP contribution in [0.1, 0.15) is 49.2 Å². The molecule has 0 aliphatic heterocycles. The first-order valence-electron chi connectivity index (χ1n) is 14.8.